The smallest absolute Gasteiger partial charge is 0.407 e. The van der Waals surface area contributed by atoms with Crippen LogP contribution in [0.15, 0.2) is 25.2 Å². The Labute approximate surface area is 97.7 Å². The van der Waals surface area contributed by atoms with Gasteiger partial charge in [0.1, 0.15) is 6.61 Å². The summed E-state index contributed by atoms with van der Waals surface area (Å²) in [6, 6.07) is 0. The minimum Gasteiger partial charge on any atom is -0.476 e. The predicted molar refractivity (Wildman–Crippen MR) is 58.7 cm³/mol. The van der Waals surface area contributed by atoms with Crippen molar-refractivity contribution in [2.45, 2.75) is 6.54 Å². The molecule has 7 nitrogen and oxygen atoms in total. The van der Waals surface area contributed by atoms with Gasteiger partial charge in [-0.25, -0.2) is 14.6 Å². The SMILES string of the molecule is C=CCOC(=O)NCCn1cnc(C(=O)O)c1. The van der Waals surface area contributed by atoms with Gasteiger partial charge in [0, 0.05) is 19.3 Å². The van der Waals surface area contributed by atoms with Crippen molar-refractivity contribution in [3.63, 3.8) is 0 Å². The van der Waals surface area contributed by atoms with Crippen LogP contribution in [0.4, 0.5) is 4.79 Å². The first kappa shape index (κ1) is 12.8. The summed E-state index contributed by atoms with van der Waals surface area (Å²) in [6.07, 6.45) is 3.71. The number of carbonyl (C=O) groups excluding carboxylic acids is 1. The number of nitrogens with one attached hydrogen (secondary N) is 1. The van der Waals surface area contributed by atoms with Crippen LogP contribution in [-0.4, -0.2) is 39.9 Å². The van der Waals surface area contributed by atoms with E-state index in [1.54, 1.807) is 4.57 Å². The maximum absolute atomic E-state index is 11.0. The zero-order chi connectivity index (χ0) is 12.7. The summed E-state index contributed by atoms with van der Waals surface area (Å²) in [6.45, 7) is 4.30. The highest BCUT2D eigenvalue weighted by molar-refractivity contribution is 5.84. The molecule has 7 heteroatoms. The van der Waals surface area contributed by atoms with Gasteiger partial charge in [-0.3, -0.25) is 0 Å². The van der Waals surface area contributed by atoms with E-state index in [0.29, 0.717) is 13.1 Å². The monoisotopic (exact) mass is 239 g/mol. The van der Waals surface area contributed by atoms with Crippen molar-refractivity contribution in [3.05, 3.63) is 30.9 Å². The first-order valence-electron chi connectivity index (χ1n) is 4.90. The van der Waals surface area contributed by atoms with Crippen LogP contribution in [0.3, 0.4) is 0 Å². The van der Waals surface area contributed by atoms with Crippen molar-refractivity contribution in [2.75, 3.05) is 13.2 Å². The third kappa shape index (κ3) is 4.37. The van der Waals surface area contributed by atoms with E-state index in [4.69, 9.17) is 5.11 Å². The summed E-state index contributed by atoms with van der Waals surface area (Å²) in [5.74, 6) is -1.08. The van der Waals surface area contributed by atoms with E-state index in [1.165, 1.54) is 18.6 Å². The third-order valence-corrected chi connectivity index (χ3v) is 1.82. The Morgan fingerprint density at radius 2 is 2.41 bits per heavy atom. The lowest BCUT2D eigenvalue weighted by Crippen LogP contribution is -2.27. The number of rotatable bonds is 6. The normalized spacial score (nSPS) is 9.65. The van der Waals surface area contributed by atoms with Gasteiger partial charge in [0.05, 0.1) is 6.33 Å². The molecule has 0 saturated carbocycles. The lowest BCUT2D eigenvalue weighted by atomic mass is 10.5. The second kappa shape index (κ2) is 6.31. The number of hydrogen-bond donors (Lipinski definition) is 2. The van der Waals surface area contributed by atoms with E-state index in [-0.39, 0.29) is 12.3 Å². The van der Waals surface area contributed by atoms with Gasteiger partial charge in [-0.1, -0.05) is 12.7 Å². The molecule has 0 atom stereocenters. The van der Waals surface area contributed by atoms with Crippen LogP contribution in [0, 0.1) is 0 Å². The van der Waals surface area contributed by atoms with Crippen LogP contribution in [0.2, 0.25) is 0 Å². The highest BCUT2D eigenvalue weighted by Gasteiger charge is 2.06. The van der Waals surface area contributed by atoms with Crippen molar-refractivity contribution in [3.8, 4) is 0 Å². The summed E-state index contributed by atoms with van der Waals surface area (Å²) < 4.78 is 6.25. The fraction of sp³-hybridized carbons (Fsp3) is 0.300. The number of amides is 1. The quantitative estimate of drug-likeness (QED) is 0.705. The van der Waals surface area contributed by atoms with Crippen LogP contribution in [-0.2, 0) is 11.3 Å². The Morgan fingerprint density at radius 1 is 1.65 bits per heavy atom. The number of hydrogen-bond acceptors (Lipinski definition) is 4. The minimum atomic E-state index is -1.08. The summed E-state index contributed by atoms with van der Waals surface area (Å²) in [4.78, 5) is 25.2. The number of carboxylic acid groups (broad SMARTS) is 1. The molecule has 1 rings (SSSR count). The van der Waals surface area contributed by atoms with E-state index in [0.717, 1.165) is 0 Å². The van der Waals surface area contributed by atoms with Crippen molar-refractivity contribution in [1.29, 1.82) is 0 Å². The molecule has 17 heavy (non-hydrogen) atoms. The molecular formula is C10H13N3O4. The second-order valence-electron chi connectivity index (χ2n) is 3.12. The van der Waals surface area contributed by atoms with E-state index in [2.05, 4.69) is 21.6 Å². The predicted octanol–water partition coefficient (Wildman–Crippen LogP) is 0.493. The molecule has 2 N–H and O–H groups in total. The number of carbonyl (C=O) groups is 2. The Bertz CT molecular complexity index is 413. The first-order chi connectivity index (χ1) is 8.13. The molecule has 1 heterocycles. The van der Waals surface area contributed by atoms with Crippen molar-refractivity contribution in [1.82, 2.24) is 14.9 Å². The topological polar surface area (TPSA) is 93.5 Å². The van der Waals surface area contributed by atoms with E-state index >= 15 is 0 Å². The number of aromatic carboxylic acids is 1. The molecule has 1 aromatic heterocycles. The summed E-state index contributed by atoms with van der Waals surface area (Å²) in [7, 11) is 0. The van der Waals surface area contributed by atoms with Crippen molar-refractivity contribution in [2.24, 2.45) is 0 Å². The summed E-state index contributed by atoms with van der Waals surface area (Å²) in [5.41, 5.74) is -0.0285. The molecule has 0 bridgehead atoms. The van der Waals surface area contributed by atoms with Crippen LogP contribution in [0.5, 0.6) is 0 Å². The molecule has 0 fully saturated rings. The Hall–Kier alpha value is -2.31. The fourth-order valence-corrected chi connectivity index (χ4v) is 1.07. The minimum absolute atomic E-state index is 0.0285. The molecule has 0 aliphatic heterocycles. The molecule has 1 aromatic rings. The standard InChI is InChI=1S/C10H13N3O4/c1-2-5-17-10(16)11-3-4-13-6-8(9(14)15)12-7-13/h2,6-7H,1,3-5H2,(H,11,16)(H,14,15). The van der Waals surface area contributed by atoms with Crippen LogP contribution in [0.25, 0.3) is 0 Å². The van der Waals surface area contributed by atoms with E-state index in [1.807, 2.05) is 0 Å². The molecule has 0 radical (unpaired) electrons. The van der Waals surface area contributed by atoms with Crippen LogP contribution >= 0.6 is 0 Å². The molecule has 0 aliphatic rings. The number of alkyl carbamates (subject to hydrolysis) is 1. The van der Waals surface area contributed by atoms with Crippen molar-refractivity contribution < 1.29 is 19.4 Å². The number of ether oxygens (including phenoxy) is 1. The van der Waals surface area contributed by atoms with Gasteiger partial charge in [-0.05, 0) is 0 Å². The Kier molecular flexibility index (Phi) is 4.74. The zero-order valence-electron chi connectivity index (χ0n) is 9.13. The number of nitrogens with zero attached hydrogens (tertiary/aromatic N) is 2. The Balaban J connectivity index is 2.28. The van der Waals surface area contributed by atoms with E-state index < -0.39 is 12.1 Å². The summed E-state index contributed by atoms with van der Waals surface area (Å²) in [5, 5.41) is 11.1. The third-order valence-electron chi connectivity index (χ3n) is 1.82. The molecule has 92 valence electrons. The number of imidazole rings is 1. The maximum Gasteiger partial charge on any atom is 0.407 e. The molecule has 0 aliphatic carbocycles. The number of carboxylic acids is 1. The van der Waals surface area contributed by atoms with Crippen LogP contribution < -0.4 is 5.32 Å². The summed E-state index contributed by atoms with van der Waals surface area (Å²) >= 11 is 0. The molecule has 0 aromatic carbocycles. The van der Waals surface area contributed by atoms with E-state index in [9.17, 15) is 9.59 Å². The largest absolute Gasteiger partial charge is 0.476 e. The van der Waals surface area contributed by atoms with Gasteiger partial charge in [0.2, 0.25) is 0 Å². The van der Waals surface area contributed by atoms with Gasteiger partial charge in [-0.2, -0.15) is 0 Å². The molecule has 0 saturated heterocycles. The molecular weight excluding hydrogens is 226 g/mol. The maximum atomic E-state index is 11.0. The van der Waals surface area contributed by atoms with Gasteiger partial charge in [0.25, 0.3) is 0 Å². The van der Waals surface area contributed by atoms with Crippen LogP contribution in [0.1, 0.15) is 10.5 Å². The van der Waals surface area contributed by atoms with Gasteiger partial charge >= 0.3 is 12.1 Å². The number of aromatic nitrogens is 2. The van der Waals surface area contributed by atoms with Gasteiger partial charge < -0.3 is 19.7 Å². The zero-order valence-corrected chi connectivity index (χ0v) is 9.13. The highest BCUT2D eigenvalue weighted by atomic mass is 16.5. The lowest BCUT2D eigenvalue weighted by Gasteiger charge is -2.05. The lowest BCUT2D eigenvalue weighted by molar-refractivity contribution is 0.0691. The molecule has 1 amide bonds. The molecule has 0 unspecified atom stereocenters. The van der Waals surface area contributed by atoms with Gasteiger partial charge in [-0.15, -0.1) is 0 Å². The second-order valence-corrected chi connectivity index (χ2v) is 3.12. The Morgan fingerprint density at radius 3 is 3.00 bits per heavy atom. The van der Waals surface area contributed by atoms with Gasteiger partial charge in [0.15, 0.2) is 5.69 Å². The molecule has 0 spiro atoms. The van der Waals surface area contributed by atoms with Crippen molar-refractivity contribution >= 4 is 12.1 Å². The highest BCUT2D eigenvalue weighted by Crippen LogP contribution is 1.95. The fourth-order valence-electron chi connectivity index (χ4n) is 1.07. The average molecular weight is 239 g/mol. The average Bonchev–Trinajstić information content (AvgIpc) is 2.75. The first-order valence-corrected chi connectivity index (χ1v) is 4.90.